The fraction of sp³-hybridized carbons (Fsp3) is 0.400. The molecule has 0 amide bonds. The third kappa shape index (κ3) is 2.74. The van der Waals surface area contributed by atoms with Crippen molar-refractivity contribution in [2.45, 2.75) is 26.2 Å². The monoisotopic (exact) mass is 214 g/mol. The van der Waals surface area contributed by atoms with E-state index in [4.69, 9.17) is 9.84 Å². The lowest BCUT2D eigenvalue weighted by Gasteiger charge is -2.15. The second-order valence-electron chi connectivity index (χ2n) is 3.44. The van der Waals surface area contributed by atoms with Crippen LogP contribution in [-0.4, -0.2) is 26.5 Å². The maximum Gasteiger partial charge on any atom is 0.200 e. The first kappa shape index (κ1) is 11.6. The van der Waals surface area contributed by atoms with Gasteiger partial charge in [0.1, 0.15) is 0 Å². The van der Waals surface area contributed by atoms with E-state index < -0.39 is 23.5 Å². The zero-order valence-corrected chi connectivity index (χ0v) is 8.51. The van der Waals surface area contributed by atoms with Crippen molar-refractivity contribution in [3.05, 3.63) is 17.7 Å². The smallest absolute Gasteiger partial charge is 0.200 e. The predicted octanol–water partition coefficient (Wildman–Crippen LogP) is 1.22. The minimum absolute atomic E-state index is 0.177. The van der Waals surface area contributed by atoms with Gasteiger partial charge in [0, 0.05) is 5.56 Å². The fourth-order valence-electron chi connectivity index (χ4n) is 1.10. The Kier molecular flexibility index (Phi) is 3.39. The topological polar surface area (TPSA) is 90.2 Å². The molecular weight excluding hydrogens is 200 g/mol. The summed E-state index contributed by atoms with van der Waals surface area (Å²) < 4.78 is 5.04. The summed E-state index contributed by atoms with van der Waals surface area (Å²) in [5.74, 6) is -1.62. The number of aliphatic hydroxyl groups excluding tert-OH is 1. The van der Waals surface area contributed by atoms with E-state index in [0.29, 0.717) is 0 Å². The van der Waals surface area contributed by atoms with Crippen LogP contribution in [0.5, 0.6) is 17.2 Å². The van der Waals surface area contributed by atoms with Crippen LogP contribution in [0.3, 0.4) is 0 Å². The molecule has 1 unspecified atom stereocenters. The van der Waals surface area contributed by atoms with Gasteiger partial charge in [0.25, 0.3) is 0 Å². The lowest BCUT2D eigenvalue weighted by atomic mass is 10.1. The fourth-order valence-corrected chi connectivity index (χ4v) is 1.10. The first-order chi connectivity index (χ1) is 6.91. The third-order valence-electron chi connectivity index (χ3n) is 1.78. The number of benzene rings is 1. The standard InChI is InChI=1S/C10H14O5/c1-5(2)15-10(14)6-3-7(11)9(13)8(12)4-6/h3-5,10-14H,1-2H3. The Hall–Kier alpha value is -1.46. The quantitative estimate of drug-likeness (QED) is 0.448. The molecule has 0 bridgehead atoms. The van der Waals surface area contributed by atoms with Crippen molar-refractivity contribution in [2.75, 3.05) is 0 Å². The summed E-state index contributed by atoms with van der Waals surface area (Å²) >= 11 is 0. The van der Waals surface area contributed by atoms with Crippen molar-refractivity contribution in [3.63, 3.8) is 0 Å². The lowest BCUT2D eigenvalue weighted by molar-refractivity contribution is -0.129. The van der Waals surface area contributed by atoms with Crippen LogP contribution in [0.4, 0.5) is 0 Å². The van der Waals surface area contributed by atoms with Gasteiger partial charge in [-0.3, -0.25) is 0 Å². The molecule has 1 aromatic carbocycles. The highest BCUT2D eigenvalue weighted by Gasteiger charge is 2.15. The largest absolute Gasteiger partial charge is 0.504 e. The van der Waals surface area contributed by atoms with Gasteiger partial charge in [-0.2, -0.15) is 0 Å². The van der Waals surface area contributed by atoms with Crippen molar-refractivity contribution in [3.8, 4) is 17.2 Å². The molecule has 15 heavy (non-hydrogen) atoms. The Labute approximate surface area is 87.2 Å². The summed E-state index contributed by atoms with van der Waals surface area (Å²) in [6, 6.07) is 2.25. The van der Waals surface area contributed by atoms with Gasteiger partial charge >= 0.3 is 0 Å². The average molecular weight is 214 g/mol. The van der Waals surface area contributed by atoms with Gasteiger partial charge in [0.2, 0.25) is 0 Å². The van der Waals surface area contributed by atoms with Crippen LogP contribution in [0, 0.1) is 0 Å². The number of hydrogen-bond donors (Lipinski definition) is 4. The molecule has 1 rings (SSSR count). The summed E-state index contributed by atoms with van der Waals surface area (Å²) in [5, 5.41) is 37.0. The van der Waals surface area contributed by atoms with Crippen LogP contribution >= 0.6 is 0 Å². The van der Waals surface area contributed by atoms with Crippen molar-refractivity contribution in [2.24, 2.45) is 0 Å². The van der Waals surface area contributed by atoms with Gasteiger partial charge in [-0.1, -0.05) is 0 Å². The van der Waals surface area contributed by atoms with Gasteiger partial charge in [-0.05, 0) is 26.0 Å². The maximum absolute atomic E-state index is 9.50. The molecule has 0 aliphatic rings. The Morgan fingerprint density at radius 3 is 1.93 bits per heavy atom. The average Bonchev–Trinajstić information content (AvgIpc) is 2.12. The number of rotatable bonds is 3. The van der Waals surface area contributed by atoms with Crippen LogP contribution < -0.4 is 0 Å². The van der Waals surface area contributed by atoms with Gasteiger partial charge in [0.05, 0.1) is 6.10 Å². The Morgan fingerprint density at radius 1 is 1.07 bits per heavy atom. The highest BCUT2D eigenvalue weighted by molar-refractivity contribution is 5.51. The van der Waals surface area contributed by atoms with Gasteiger partial charge in [0.15, 0.2) is 23.5 Å². The molecule has 0 radical (unpaired) electrons. The van der Waals surface area contributed by atoms with E-state index in [-0.39, 0.29) is 11.7 Å². The molecule has 0 saturated heterocycles. The number of ether oxygens (including phenoxy) is 1. The van der Waals surface area contributed by atoms with Crippen LogP contribution in [0.2, 0.25) is 0 Å². The van der Waals surface area contributed by atoms with Crippen LogP contribution in [0.1, 0.15) is 25.7 Å². The summed E-state index contributed by atoms with van der Waals surface area (Å²) in [4.78, 5) is 0. The minimum atomic E-state index is -1.25. The van der Waals surface area contributed by atoms with E-state index in [9.17, 15) is 15.3 Å². The molecule has 5 nitrogen and oxygen atoms in total. The van der Waals surface area contributed by atoms with Crippen molar-refractivity contribution in [1.82, 2.24) is 0 Å². The van der Waals surface area contributed by atoms with Crippen molar-refractivity contribution < 1.29 is 25.2 Å². The van der Waals surface area contributed by atoms with Gasteiger partial charge in [-0.15, -0.1) is 0 Å². The van der Waals surface area contributed by atoms with E-state index in [1.165, 1.54) is 0 Å². The summed E-state index contributed by atoms with van der Waals surface area (Å²) in [6.07, 6.45) is -1.44. The molecule has 1 aromatic rings. The molecular formula is C10H14O5. The van der Waals surface area contributed by atoms with Crippen molar-refractivity contribution in [1.29, 1.82) is 0 Å². The number of aromatic hydroxyl groups is 3. The zero-order chi connectivity index (χ0) is 11.6. The Morgan fingerprint density at radius 2 is 1.53 bits per heavy atom. The van der Waals surface area contributed by atoms with Crippen LogP contribution in [0.25, 0.3) is 0 Å². The second kappa shape index (κ2) is 4.37. The number of aliphatic hydroxyl groups is 1. The molecule has 5 heteroatoms. The normalized spacial score (nSPS) is 13.1. The Balaban J connectivity index is 2.95. The molecule has 0 spiro atoms. The third-order valence-corrected chi connectivity index (χ3v) is 1.78. The number of phenolic OH excluding ortho intramolecular Hbond substituents is 3. The molecule has 0 aliphatic carbocycles. The minimum Gasteiger partial charge on any atom is -0.504 e. The molecule has 84 valence electrons. The SMILES string of the molecule is CC(C)OC(O)c1cc(O)c(O)c(O)c1. The van der Waals surface area contributed by atoms with E-state index in [2.05, 4.69) is 0 Å². The van der Waals surface area contributed by atoms with Crippen molar-refractivity contribution >= 4 is 0 Å². The first-order valence-corrected chi connectivity index (χ1v) is 4.50. The zero-order valence-electron chi connectivity index (χ0n) is 8.51. The lowest BCUT2D eigenvalue weighted by Crippen LogP contribution is -2.09. The van der Waals surface area contributed by atoms with E-state index in [0.717, 1.165) is 12.1 Å². The summed E-state index contributed by atoms with van der Waals surface area (Å²) in [6.45, 7) is 3.48. The van der Waals surface area contributed by atoms with E-state index in [1.54, 1.807) is 13.8 Å². The highest BCUT2D eigenvalue weighted by Crippen LogP contribution is 2.37. The predicted molar refractivity (Wildman–Crippen MR) is 52.6 cm³/mol. The van der Waals surface area contributed by atoms with Gasteiger partial charge in [-0.25, -0.2) is 0 Å². The second-order valence-corrected chi connectivity index (χ2v) is 3.44. The Bertz CT molecular complexity index is 325. The molecule has 0 fully saturated rings. The molecule has 0 aliphatic heterocycles. The van der Waals surface area contributed by atoms with Gasteiger partial charge < -0.3 is 25.2 Å². The maximum atomic E-state index is 9.50. The summed E-state index contributed by atoms with van der Waals surface area (Å²) in [7, 11) is 0. The number of hydrogen-bond acceptors (Lipinski definition) is 5. The molecule has 0 aromatic heterocycles. The first-order valence-electron chi connectivity index (χ1n) is 4.50. The molecule has 0 saturated carbocycles. The highest BCUT2D eigenvalue weighted by atomic mass is 16.6. The molecule has 0 heterocycles. The van der Waals surface area contributed by atoms with Crippen LogP contribution in [0.15, 0.2) is 12.1 Å². The molecule has 4 N–H and O–H groups in total. The van der Waals surface area contributed by atoms with E-state index >= 15 is 0 Å². The summed E-state index contributed by atoms with van der Waals surface area (Å²) in [5.41, 5.74) is 0.177. The van der Waals surface area contributed by atoms with E-state index in [1.807, 2.05) is 0 Å². The number of phenols is 3. The van der Waals surface area contributed by atoms with Crippen LogP contribution in [-0.2, 0) is 4.74 Å². The molecule has 1 atom stereocenters.